The maximum Gasteiger partial charge on any atom is 0.310 e. The van der Waals surface area contributed by atoms with Gasteiger partial charge in [-0.25, -0.2) is 0 Å². The third-order valence-electron chi connectivity index (χ3n) is 2.64. The van der Waals surface area contributed by atoms with Gasteiger partial charge in [0.25, 0.3) is 0 Å². The summed E-state index contributed by atoms with van der Waals surface area (Å²) in [7, 11) is 0. The molecule has 0 saturated heterocycles. The summed E-state index contributed by atoms with van der Waals surface area (Å²) >= 11 is 0. The van der Waals surface area contributed by atoms with Crippen LogP contribution in [0, 0.1) is 0 Å². The molecule has 2 nitrogen and oxygen atoms in total. The van der Waals surface area contributed by atoms with Crippen LogP contribution in [0.3, 0.4) is 0 Å². The third-order valence-corrected chi connectivity index (χ3v) is 2.64. The Kier molecular flexibility index (Phi) is 2.42. The molecule has 0 radical (unpaired) electrons. The fourth-order valence-electron chi connectivity index (χ4n) is 1.62. The molecule has 0 aliphatic heterocycles. The number of carboxylic acid groups (broad SMARTS) is 1. The molecule has 0 aliphatic carbocycles. The highest BCUT2D eigenvalue weighted by molar-refractivity contribution is 5.85. The van der Waals surface area contributed by atoms with Crippen LogP contribution in [-0.4, -0.2) is 11.1 Å². The zero-order chi connectivity index (χ0) is 10.8. The van der Waals surface area contributed by atoms with Gasteiger partial charge in [0.2, 0.25) is 0 Å². The van der Waals surface area contributed by atoms with E-state index in [-0.39, 0.29) is 0 Å². The Bertz CT molecular complexity index is 503. The van der Waals surface area contributed by atoms with E-state index in [2.05, 4.69) is 0 Å². The molecular weight excluding hydrogens is 188 g/mol. The highest BCUT2D eigenvalue weighted by Crippen LogP contribution is 2.21. The molecule has 0 aromatic heterocycles. The number of carboxylic acids is 1. The number of rotatable bonds is 2. The maximum atomic E-state index is 10.8. The normalized spacial score (nSPS) is 12.6. The molecule has 0 saturated carbocycles. The molecule has 15 heavy (non-hydrogen) atoms. The van der Waals surface area contributed by atoms with E-state index < -0.39 is 11.9 Å². The van der Waals surface area contributed by atoms with Gasteiger partial charge in [-0.15, -0.1) is 0 Å². The number of hydrogen-bond acceptors (Lipinski definition) is 1. The molecule has 76 valence electrons. The second-order valence-corrected chi connectivity index (χ2v) is 3.67. The van der Waals surface area contributed by atoms with Gasteiger partial charge in [-0.3, -0.25) is 4.79 Å². The van der Waals surface area contributed by atoms with Crippen LogP contribution in [0.5, 0.6) is 0 Å². The Morgan fingerprint density at radius 2 is 1.80 bits per heavy atom. The van der Waals surface area contributed by atoms with Crippen LogP contribution in [0.1, 0.15) is 18.4 Å². The standard InChI is InChI=1S/C13H12O2/c1-9(13(14)15)11-7-6-10-4-2-3-5-12(10)8-11/h2-9H,1H3,(H,14,15)/t9-/m0/s1. The van der Waals surface area contributed by atoms with Crippen molar-refractivity contribution in [1.29, 1.82) is 0 Å². The van der Waals surface area contributed by atoms with Gasteiger partial charge >= 0.3 is 5.97 Å². The molecule has 2 heteroatoms. The Hall–Kier alpha value is -1.83. The molecule has 0 aliphatic rings. The largest absolute Gasteiger partial charge is 0.481 e. The lowest BCUT2D eigenvalue weighted by Crippen LogP contribution is -2.06. The zero-order valence-corrected chi connectivity index (χ0v) is 8.47. The van der Waals surface area contributed by atoms with Crippen molar-refractivity contribution in [3.05, 3.63) is 48.0 Å². The van der Waals surface area contributed by atoms with Crippen molar-refractivity contribution in [2.24, 2.45) is 0 Å². The molecule has 2 aromatic rings. The topological polar surface area (TPSA) is 37.3 Å². The highest BCUT2D eigenvalue weighted by Gasteiger charge is 2.13. The monoisotopic (exact) mass is 200 g/mol. The number of aliphatic carboxylic acids is 1. The van der Waals surface area contributed by atoms with Crippen molar-refractivity contribution in [2.45, 2.75) is 12.8 Å². The quantitative estimate of drug-likeness (QED) is 0.809. The van der Waals surface area contributed by atoms with Crippen molar-refractivity contribution in [2.75, 3.05) is 0 Å². The molecule has 2 aromatic carbocycles. The van der Waals surface area contributed by atoms with Crippen LogP contribution in [0.2, 0.25) is 0 Å². The van der Waals surface area contributed by atoms with Crippen LogP contribution < -0.4 is 0 Å². The first-order chi connectivity index (χ1) is 7.18. The molecule has 0 heterocycles. The second kappa shape index (κ2) is 3.73. The minimum atomic E-state index is -0.787. The highest BCUT2D eigenvalue weighted by atomic mass is 16.4. The first kappa shape index (κ1) is 9.71. The number of carbonyl (C=O) groups is 1. The van der Waals surface area contributed by atoms with E-state index in [4.69, 9.17) is 5.11 Å². The Morgan fingerprint density at radius 1 is 1.13 bits per heavy atom. The van der Waals surface area contributed by atoms with Crippen molar-refractivity contribution >= 4 is 16.7 Å². The molecule has 2 rings (SSSR count). The molecule has 0 spiro atoms. The first-order valence-corrected chi connectivity index (χ1v) is 4.90. The summed E-state index contributed by atoms with van der Waals surface area (Å²) in [5, 5.41) is 11.1. The minimum absolute atomic E-state index is 0.449. The summed E-state index contributed by atoms with van der Waals surface area (Å²) in [6.45, 7) is 1.70. The van der Waals surface area contributed by atoms with Gasteiger partial charge in [0, 0.05) is 0 Å². The predicted octanol–water partition coefficient (Wildman–Crippen LogP) is 3.03. The Morgan fingerprint density at radius 3 is 2.47 bits per heavy atom. The summed E-state index contributed by atoms with van der Waals surface area (Å²) in [5.74, 6) is -1.24. The van der Waals surface area contributed by atoms with Crippen molar-refractivity contribution in [3.63, 3.8) is 0 Å². The summed E-state index contributed by atoms with van der Waals surface area (Å²) < 4.78 is 0. The lowest BCUT2D eigenvalue weighted by atomic mass is 9.98. The maximum absolute atomic E-state index is 10.8. The Balaban J connectivity index is 2.51. The fraction of sp³-hybridized carbons (Fsp3) is 0.154. The fourth-order valence-corrected chi connectivity index (χ4v) is 1.62. The van der Waals surface area contributed by atoms with Crippen LogP contribution >= 0.6 is 0 Å². The van der Waals surface area contributed by atoms with Gasteiger partial charge in [0.1, 0.15) is 0 Å². The summed E-state index contributed by atoms with van der Waals surface area (Å²) in [5.41, 5.74) is 0.848. The van der Waals surface area contributed by atoms with Gasteiger partial charge < -0.3 is 5.11 Å². The lowest BCUT2D eigenvalue weighted by Gasteiger charge is -2.07. The van der Waals surface area contributed by atoms with Crippen LogP contribution in [0.4, 0.5) is 0 Å². The van der Waals surface area contributed by atoms with Gasteiger partial charge in [0.05, 0.1) is 5.92 Å². The van der Waals surface area contributed by atoms with E-state index in [1.54, 1.807) is 6.92 Å². The molecule has 1 atom stereocenters. The summed E-state index contributed by atoms with van der Waals surface area (Å²) in [6, 6.07) is 13.7. The molecule has 0 amide bonds. The Labute approximate surface area is 88.2 Å². The first-order valence-electron chi connectivity index (χ1n) is 4.90. The van der Waals surface area contributed by atoms with Crippen molar-refractivity contribution in [1.82, 2.24) is 0 Å². The number of benzene rings is 2. The van der Waals surface area contributed by atoms with Crippen LogP contribution in [0.15, 0.2) is 42.5 Å². The average Bonchev–Trinajstić information content (AvgIpc) is 2.27. The van der Waals surface area contributed by atoms with E-state index in [9.17, 15) is 4.79 Å². The van der Waals surface area contributed by atoms with E-state index in [1.807, 2.05) is 42.5 Å². The summed E-state index contributed by atoms with van der Waals surface area (Å²) in [6.07, 6.45) is 0. The number of hydrogen-bond donors (Lipinski definition) is 1. The number of fused-ring (bicyclic) bond motifs is 1. The summed E-state index contributed by atoms with van der Waals surface area (Å²) in [4.78, 5) is 10.8. The average molecular weight is 200 g/mol. The molecule has 0 fully saturated rings. The van der Waals surface area contributed by atoms with Crippen molar-refractivity contribution < 1.29 is 9.90 Å². The predicted molar refractivity (Wildman–Crippen MR) is 60.0 cm³/mol. The van der Waals surface area contributed by atoms with Gasteiger partial charge in [-0.1, -0.05) is 42.5 Å². The molecule has 0 bridgehead atoms. The smallest absolute Gasteiger partial charge is 0.310 e. The van der Waals surface area contributed by atoms with Gasteiger partial charge in [-0.05, 0) is 23.3 Å². The van der Waals surface area contributed by atoms with Crippen LogP contribution in [0.25, 0.3) is 10.8 Å². The second-order valence-electron chi connectivity index (χ2n) is 3.67. The molecule has 1 N–H and O–H groups in total. The molecule has 0 unspecified atom stereocenters. The van der Waals surface area contributed by atoms with Gasteiger partial charge in [-0.2, -0.15) is 0 Å². The van der Waals surface area contributed by atoms with E-state index >= 15 is 0 Å². The van der Waals surface area contributed by atoms with E-state index in [1.165, 1.54) is 0 Å². The molecular formula is C13H12O2. The van der Waals surface area contributed by atoms with Gasteiger partial charge in [0.15, 0.2) is 0 Å². The minimum Gasteiger partial charge on any atom is -0.481 e. The SMILES string of the molecule is C[C@H](C(=O)O)c1ccc2ccccc2c1. The van der Waals surface area contributed by atoms with E-state index in [0.29, 0.717) is 0 Å². The van der Waals surface area contributed by atoms with Crippen molar-refractivity contribution in [3.8, 4) is 0 Å². The zero-order valence-electron chi connectivity index (χ0n) is 8.47. The van der Waals surface area contributed by atoms with E-state index in [0.717, 1.165) is 16.3 Å². The lowest BCUT2D eigenvalue weighted by molar-refractivity contribution is -0.138. The van der Waals surface area contributed by atoms with Crippen LogP contribution in [-0.2, 0) is 4.79 Å². The third kappa shape index (κ3) is 1.84.